The number of amides is 1. The van der Waals surface area contributed by atoms with Gasteiger partial charge in [0.1, 0.15) is 12.1 Å². The topological polar surface area (TPSA) is 55.2 Å². The normalized spacial score (nSPS) is 14.8. The number of aromatic nitrogens is 2. The molecule has 1 heterocycles. The fourth-order valence-electron chi connectivity index (χ4n) is 2.87. The zero-order chi connectivity index (χ0) is 21.1. The standard InChI is InChI=1S/C20H30F3N3O2/c1-13(2)7-9-25(10-8-14(3)4)18(27)12-26-19(28)16(20(21,22)23)11-17(24-26)15-5-6-15/h11,13-15H,5-10,12H2,1-4H3. The molecule has 1 saturated carbocycles. The molecule has 0 aromatic carbocycles. The van der Waals surface area contributed by atoms with E-state index in [9.17, 15) is 22.8 Å². The van der Waals surface area contributed by atoms with Crippen LogP contribution in [-0.4, -0.2) is 33.7 Å². The maximum Gasteiger partial charge on any atom is 0.421 e. The average Bonchev–Trinajstić information content (AvgIpc) is 3.39. The Morgan fingerprint density at radius 3 is 2.14 bits per heavy atom. The molecule has 1 aromatic rings. The number of hydrogen-bond acceptors (Lipinski definition) is 3. The molecule has 0 aliphatic heterocycles. The predicted molar refractivity (Wildman–Crippen MR) is 101 cm³/mol. The number of halogens is 3. The van der Waals surface area contributed by atoms with E-state index in [1.165, 1.54) is 0 Å². The largest absolute Gasteiger partial charge is 0.421 e. The van der Waals surface area contributed by atoms with E-state index in [4.69, 9.17) is 0 Å². The molecule has 158 valence electrons. The zero-order valence-electron chi connectivity index (χ0n) is 17.1. The molecule has 2 rings (SSSR count). The third-order valence-corrected chi connectivity index (χ3v) is 4.88. The van der Waals surface area contributed by atoms with Crippen LogP contribution in [0.3, 0.4) is 0 Å². The van der Waals surface area contributed by atoms with Crippen LogP contribution in [0.5, 0.6) is 0 Å². The highest BCUT2D eigenvalue weighted by atomic mass is 19.4. The smallest absolute Gasteiger partial charge is 0.341 e. The minimum atomic E-state index is -4.76. The summed E-state index contributed by atoms with van der Waals surface area (Å²) in [6.07, 6.45) is -1.66. The third-order valence-electron chi connectivity index (χ3n) is 4.88. The molecule has 0 spiro atoms. The van der Waals surface area contributed by atoms with E-state index in [2.05, 4.69) is 5.10 Å². The summed E-state index contributed by atoms with van der Waals surface area (Å²) in [6.45, 7) is 8.77. The summed E-state index contributed by atoms with van der Waals surface area (Å²) in [5.74, 6) is 0.369. The Hall–Kier alpha value is -1.86. The van der Waals surface area contributed by atoms with Gasteiger partial charge in [-0.15, -0.1) is 0 Å². The second kappa shape index (κ2) is 9.09. The minimum Gasteiger partial charge on any atom is -0.341 e. The number of nitrogens with zero attached hydrogens (tertiary/aromatic N) is 3. The molecule has 1 aliphatic rings. The lowest BCUT2D eigenvalue weighted by molar-refractivity contribution is -0.140. The lowest BCUT2D eigenvalue weighted by atomic mass is 10.1. The molecule has 28 heavy (non-hydrogen) atoms. The van der Waals surface area contributed by atoms with E-state index in [0.717, 1.165) is 31.7 Å². The van der Waals surface area contributed by atoms with Crippen molar-refractivity contribution < 1.29 is 18.0 Å². The first-order chi connectivity index (χ1) is 13.0. The second-order valence-electron chi connectivity index (χ2n) is 8.46. The van der Waals surface area contributed by atoms with Crippen molar-refractivity contribution in [3.8, 4) is 0 Å². The molecular weight excluding hydrogens is 371 g/mol. The summed E-state index contributed by atoms with van der Waals surface area (Å²) in [7, 11) is 0. The van der Waals surface area contributed by atoms with Crippen LogP contribution in [0.15, 0.2) is 10.9 Å². The van der Waals surface area contributed by atoms with Crippen LogP contribution < -0.4 is 5.56 Å². The van der Waals surface area contributed by atoms with Crippen LogP contribution in [-0.2, 0) is 17.5 Å². The number of rotatable bonds is 9. The van der Waals surface area contributed by atoms with Gasteiger partial charge in [-0.2, -0.15) is 18.3 Å². The first-order valence-corrected chi connectivity index (χ1v) is 9.96. The van der Waals surface area contributed by atoms with Gasteiger partial charge in [-0.1, -0.05) is 27.7 Å². The number of alkyl halides is 3. The highest BCUT2D eigenvalue weighted by Gasteiger charge is 2.38. The third kappa shape index (κ3) is 6.34. The van der Waals surface area contributed by atoms with Gasteiger partial charge in [0.2, 0.25) is 5.91 Å². The summed E-state index contributed by atoms with van der Waals surface area (Å²) in [5.41, 5.74) is -2.25. The van der Waals surface area contributed by atoms with Gasteiger partial charge in [0, 0.05) is 19.0 Å². The SMILES string of the molecule is CC(C)CCN(CCC(C)C)C(=O)Cn1nc(C2CC2)cc(C(F)(F)F)c1=O. The van der Waals surface area contributed by atoms with Crippen molar-refractivity contribution in [1.82, 2.24) is 14.7 Å². The summed E-state index contributed by atoms with van der Waals surface area (Å²) in [4.78, 5) is 26.7. The van der Waals surface area contributed by atoms with Gasteiger partial charge in [-0.3, -0.25) is 9.59 Å². The van der Waals surface area contributed by atoms with Crippen molar-refractivity contribution in [3.63, 3.8) is 0 Å². The van der Waals surface area contributed by atoms with Crippen molar-refractivity contribution in [1.29, 1.82) is 0 Å². The molecule has 0 atom stereocenters. The van der Waals surface area contributed by atoms with Gasteiger partial charge in [0.15, 0.2) is 0 Å². The summed E-state index contributed by atoms with van der Waals surface area (Å²) in [6, 6.07) is 0.844. The molecule has 0 bridgehead atoms. The van der Waals surface area contributed by atoms with E-state index < -0.39 is 23.8 Å². The summed E-state index contributed by atoms with van der Waals surface area (Å²) >= 11 is 0. The molecule has 1 amide bonds. The van der Waals surface area contributed by atoms with Gasteiger partial charge in [-0.25, -0.2) is 4.68 Å². The number of hydrogen-bond donors (Lipinski definition) is 0. The zero-order valence-corrected chi connectivity index (χ0v) is 17.1. The molecule has 5 nitrogen and oxygen atoms in total. The van der Waals surface area contributed by atoms with Crippen LogP contribution in [0.1, 0.15) is 70.6 Å². The van der Waals surface area contributed by atoms with Crippen LogP contribution in [0.4, 0.5) is 13.2 Å². The Morgan fingerprint density at radius 2 is 1.71 bits per heavy atom. The Labute approximate surface area is 163 Å². The van der Waals surface area contributed by atoms with Gasteiger partial charge < -0.3 is 4.90 Å². The van der Waals surface area contributed by atoms with E-state index >= 15 is 0 Å². The molecular formula is C20H30F3N3O2. The number of carbonyl (C=O) groups excluding carboxylic acids is 1. The Balaban J connectivity index is 2.26. The number of carbonyl (C=O) groups is 1. The van der Waals surface area contributed by atoms with Crippen molar-refractivity contribution in [2.24, 2.45) is 11.8 Å². The quantitative estimate of drug-likeness (QED) is 0.627. The lowest BCUT2D eigenvalue weighted by Gasteiger charge is -2.25. The molecule has 0 unspecified atom stereocenters. The Morgan fingerprint density at radius 1 is 1.18 bits per heavy atom. The first kappa shape index (κ1) is 22.4. The highest BCUT2D eigenvalue weighted by molar-refractivity contribution is 5.75. The van der Waals surface area contributed by atoms with Crippen LogP contribution in [0.2, 0.25) is 0 Å². The van der Waals surface area contributed by atoms with Gasteiger partial charge in [-0.05, 0) is 43.6 Å². The second-order valence-corrected chi connectivity index (χ2v) is 8.46. The Bertz CT molecular complexity index is 725. The molecule has 0 radical (unpaired) electrons. The van der Waals surface area contributed by atoms with E-state index in [-0.39, 0.29) is 17.5 Å². The fraction of sp³-hybridized carbons (Fsp3) is 0.750. The molecule has 1 fully saturated rings. The molecule has 1 aromatic heterocycles. The van der Waals surface area contributed by atoms with Crippen molar-refractivity contribution in [3.05, 3.63) is 27.7 Å². The van der Waals surface area contributed by atoms with E-state index in [1.807, 2.05) is 27.7 Å². The van der Waals surface area contributed by atoms with Crippen LogP contribution in [0.25, 0.3) is 0 Å². The highest BCUT2D eigenvalue weighted by Crippen LogP contribution is 2.40. The minimum absolute atomic E-state index is 0.0546. The van der Waals surface area contributed by atoms with E-state index in [1.54, 1.807) is 4.90 Å². The van der Waals surface area contributed by atoms with Gasteiger partial charge in [0.05, 0.1) is 5.69 Å². The monoisotopic (exact) mass is 401 g/mol. The molecule has 1 aliphatic carbocycles. The van der Waals surface area contributed by atoms with Crippen molar-refractivity contribution in [2.45, 2.75) is 72.0 Å². The van der Waals surface area contributed by atoms with Crippen LogP contribution >= 0.6 is 0 Å². The maximum atomic E-state index is 13.3. The summed E-state index contributed by atoms with van der Waals surface area (Å²) < 4.78 is 40.5. The maximum absolute atomic E-state index is 13.3. The van der Waals surface area contributed by atoms with Gasteiger partial charge in [0.25, 0.3) is 5.56 Å². The van der Waals surface area contributed by atoms with Gasteiger partial charge >= 0.3 is 6.18 Å². The lowest BCUT2D eigenvalue weighted by Crippen LogP contribution is -2.40. The average molecular weight is 401 g/mol. The van der Waals surface area contributed by atoms with E-state index in [0.29, 0.717) is 29.6 Å². The summed E-state index contributed by atoms with van der Waals surface area (Å²) in [5, 5.41) is 4.08. The molecule has 8 heteroatoms. The van der Waals surface area contributed by atoms with Crippen molar-refractivity contribution in [2.75, 3.05) is 13.1 Å². The predicted octanol–water partition coefficient (Wildman–Crippen LogP) is 4.06. The molecule has 0 N–H and O–H groups in total. The Kier molecular flexibility index (Phi) is 7.28. The van der Waals surface area contributed by atoms with Crippen molar-refractivity contribution >= 4 is 5.91 Å². The fourth-order valence-corrected chi connectivity index (χ4v) is 2.87. The van der Waals surface area contributed by atoms with Crippen LogP contribution in [0, 0.1) is 11.8 Å². The molecule has 0 saturated heterocycles. The first-order valence-electron chi connectivity index (χ1n) is 9.96.